The fourth-order valence-electron chi connectivity index (χ4n) is 1.13. The number of rotatable bonds is 6. The third-order valence-electron chi connectivity index (χ3n) is 1.81. The van der Waals surface area contributed by atoms with Crippen LogP contribution in [-0.4, -0.2) is 5.24 Å². The first-order chi connectivity index (χ1) is 5.52. The molecule has 0 rings (SSSR count). The van der Waals surface area contributed by atoms with E-state index in [9.17, 15) is 4.79 Å². The topological polar surface area (TPSA) is 17.1 Å². The summed E-state index contributed by atoms with van der Waals surface area (Å²) in [6.45, 7) is 7.90. The zero-order chi connectivity index (χ0) is 9.56. The van der Waals surface area contributed by atoms with E-state index in [1.54, 1.807) is 0 Å². The number of carbonyl (C=O) groups excluding carboxylic acids is 1. The zero-order valence-electron chi connectivity index (χ0n) is 7.90. The number of hydrogen-bond donors (Lipinski definition) is 0. The maximum atomic E-state index is 10.5. The molecule has 1 unspecified atom stereocenters. The summed E-state index contributed by atoms with van der Waals surface area (Å²) in [5, 5.41) is -0.224. The highest BCUT2D eigenvalue weighted by Gasteiger charge is 2.05. The molecule has 0 aromatic rings. The van der Waals surface area contributed by atoms with Gasteiger partial charge < -0.3 is 0 Å². The van der Waals surface area contributed by atoms with Crippen molar-refractivity contribution < 1.29 is 4.79 Å². The molecule has 0 aromatic heterocycles. The Morgan fingerprint density at radius 1 is 1.58 bits per heavy atom. The molecule has 0 N–H and O–H groups in total. The average Bonchev–Trinajstić information content (AvgIpc) is 1.84. The Kier molecular flexibility index (Phi) is 6.09. The lowest BCUT2D eigenvalue weighted by Gasteiger charge is -2.07. The normalized spacial score (nSPS) is 12.6. The molecule has 0 spiro atoms. The lowest BCUT2D eigenvalue weighted by molar-refractivity contribution is -0.112. The van der Waals surface area contributed by atoms with Gasteiger partial charge in [0, 0.05) is 6.42 Å². The summed E-state index contributed by atoms with van der Waals surface area (Å²) < 4.78 is 0. The highest BCUT2D eigenvalue weighted by molar-refractivity contribution is 6.63. The summed E-state index contributed by atoms with van der Waals surface area (Å²) in [6.07, 6.45) is 3.73. The summed E-state index contributed by atoms with van der Waals surface area (Å²) in [6, 6.07) is 0. The molecule has 12 heavy (non-hydrogen) atoms. The Labute approximate surface area is 79.8 Å². The highest BCUT2D eigenvalue weighted by Crippen LogP contribution is 2.15. The molecule has 0 fully saturated rings. The minimum Gasteiger partial charge on any atom is -0.281 e. The molecule has 0 aromatic carbocycles. The van der Waals surface area contributed by atoms with Crippen LogP contribution >= 0.6 is 11.6 Å². The van der Waals surface area contributed by atoms with Crippen LogP contribution in [0.1, 0.15) is 39.5 Å². The molecule has 0 aliphatic heterocycles. The van der Waals surface area contributed by atoms with Crippen LogP contribution in [0.2, 0.25) is 0 Å². The van der Waals surface area contributed by atoms with Crippen molar-refractivity contribution in [1.82, 2.24) is 0 Å². The first-order valence-corrected chi connectivity index (χ1v) is 4.73. The third kappa shape index (κ3) is 7.80. The largest absolute Gasteiger partial charge is 0.281 e. The Balaban J connectivity index is 3.37. The van der Waals surface area contributed by atoms with E-state index in [0.717, 1.165) is 19.3 Å². The molecule has 1 atom stereocenters. The maximum absolute atomic E-state index is 10.5. The van der Waals surface area contributed by atoms with E-state index in [2.05, 4.69) is 13.5 Å². The van der Waals surface area contributed by atoms with Crippen LogP contribution in [0.15, 0.2) is 12.2 Å². The first-order valence-electron chi connectivity index (χ1n) is 4.35. The van der Waals surface area contributed by atoms with Gasteiger partial charge in [0.05, 0.1) is 0 Å². The van der Waals surface area contributed by atoms with Crippen LogP contribution in [0.4, 0.5) is 0 Å². The van der Waals surface area contributed by atoms with Crippen LogP contribution in [0.25, 0.3) is 0 Å². The monoisotopic (exact) mass is 188 g/mol. The molecule has 0 aliphatic rings. The zero-order valence-corrected chi connectivity index (χ0v) is 8.66. The van der Waals surface area contributed by atoms with E-state index in [0.29, 0.717) is 12.3 Å². The van der Waals surface area contributed by atoms with Crippen molar-refractivity contribution >= 4 is 16.8 Å². The van der Waals surface area contributed by atoms with E-state index < -0.39 is 0 Å². The molecule has 0 radical (unpaired) electrons. The van der Waals surface area contributed by atoms with Gasteiger partial charge in [0.25, 0.3) is 0 Å². The lowest BCUT2D eigenvalue weighted by Crippen LogP contribution is -1.99. The summed E-state index contributed by atoms with van der Waals surface area (Å²) in [5.41, 5.74) is 1.21. The van der Waals surface area contributed by atoms with Gasteiger partial charge in [-0.1, -0.05) is 12.5 Å². The van der Waals surface area contributed by atoms with Gasteiger partial charge in [0.2, 0.25) is 5.24 Å². The maximum Gasteiger partial charge on any atom is 0.221 e. The van der Waals surface area contributed by atoms with Crippen molar-refractivity contribution in [2.45, 2.75) is 39.5 Å². The van der Waals surface area contributed by atoms with Crippen molar-refractivity contribution in [3.63, 3.8) is 0 Å². The van der Waals surface area contributed by atoms with Crippen LogP contribution in [-0.2, 0) is 4.79 Å². The quantitative estimate of drug-likeness (QED) is 0.461. The number of halogens is 1. The van der Waals surface area contributed by atoms with E-state index in [-0.39, 0.29) is 5.24 Å². The third-order valence-corrected chi connectivity index (χ3v) is 1.96. The van der Waals surface area contributed by atoms with Gasteiger partial charge in [0.15, 0.2) is 0 Å². The van der Waals surface area contributed by atoms with Gasteiger partial charge >= 0.3 is 0 Å². The summed E-state index contributed by atoms with van der Waals surface area (Å²) in [4.78, 5) is 10.5. The van der Waals surface area contributed by atoms with Crippen LogP contribution in [0.3, 0.4) is 0 Å². The van der Waals surface area contributed by atoms with Crippen LogP contribution in [0, 0.1) is 5.92 Å². The van der Waals surface area contributed by atoms with Gasteiger partial charge in [-0.2, -0.15) is 0 Å². The lowest BCUT2D eigenvalue weighted by atomic mass is 10.00. The molecule has 0 saturated carbocycles. The van der Waals surface area contributed by atoms with Gasteiger partial charge in [0.1, 0.15) is 0 Å². The predicted octanol–water partition coefficient (Wildman–Crippen LogP) is 3.52. The fraction of sp³-hybridized carbons (Fsp3) is 0.700. The van der Waals surface area contributed by atoms with Crippen molar-refractivity contribution in [3.8, 4) is 0 Å². The van der Waals surface area contributed by atoms with Crippen LogP contribution in [0.5, 0.6) is 0 Å². The van der Waals surface area contributed by atoms with Crippen LogP contribution < -0.4 is 0 Å². The van der Waals surface area contributed by atoms with Gasteiger partial charge in [-0.15, -0.1) is 6.58 Å². The minimum atomic E-state index is -0.224. The van der Waals surface area contributed by atoms with Gasteiger partial charge in [-0.25, -0.2) is 0 Å². The molecule has 0 amide bonds. The molecule has 0 bridgehead atoms. The second-order valence-electron chi connectivity index (χ2n) is 3.51. The Bertz CT molecular complexity index is 163. The predicted molar refractivity (Wildman–Crippen MR) is 53.3 cm³/mol. The van der Waals surface area contributed by atoms with E-state index in [4.69, 9.17) is 11.6 Å². The number of carbonyl (C=O) groups is 1. The molecule has 0 aliphatic carbocycles. The molecular weight excluding hydrogens is 172 g/mol. The second-order valence-corrected chi connectivity index (χ2v) is 3.94. The minimum absolute atomic E-state index is 0.224. The SMILES string of the molecule is C=C(C)CCCC(C)CC(=O)Cl. The Morgan fingerprint density at radius 2 is 2.17 bits per heavy atom. The van der Waals surface area contributed by atoms with E-state index in [1.165, 1.54) is 5.57 Å². The summed E-state index contributed by atoms with van der Waals surface area (Å²) in [5.74, 6) is 0.411. The molecule has 0 saturated heterocycles. The fourth-order valence-corrected chi connectivity index (χ4v) is 1.39. The van der Waals surface area contributed by atoms with E-state index in [1.807, 2.05) is 6.92 Å². The summed E-state index contributed by atoms with van der Waals surface area (Å²) in [7, 11) is 0. The Morgan fingerprint density at radius 3 is 2.58 bits per heavy atom. The van der Waals surface area contributed by atoms with E-state index >= 15 is 0 Å². The standard InChI is InChI=1S/C10H17ClO/c1-8(2)5-4-6-9(3)7-10(11)12/h9H,1,4-7H2,2-3H3. The van der Waals surface area contributed by atoms with Crippen molar-refractivity contribution in [2.24, 2.45) is 5.92 Å². The number of allylic oxidation sites excluding steroid dienone is 1. The van der Waals surface area contributed by atoms with Crippen molar-refractivity contribution in [2.75, 3.05) is 0 Å². The molecule has 0 heterocycles. The van der Waals surface area contributed by atoms with Crippen molar-refractivity contribution in [1.29, 1.82) is 0 Å². The first kappa shape index (κ1) is 11.7. The van der Waals surface area contributed by atoms with Gasteiger partial charge in [-0.3, -0.25) is 4.79 Å². The summed E-state index contributed by atoms with van der Waals surface area (Å²) >= 11 is 5.26. The second kappa shape index (κ2) is 6.24. The molecule has 2 heteroatoms. The number of hydrogen-bond acceptors (Lipinski definition) is 1. The molecule has 70 valence electrons. The van der Waals surface area contributed by atoms with Crippen molar-refractivity contribution in [3.05, 3.63) is 12.2 Å². The highest BCUT2D eigenvalue weighted by atomic mass is 35.5. The smallest absolute Gasteiger partial charge is 0.221 e. The molecule has 1 nitrogen and oxygen atoms in total. The average molecular weight is 189 g/mol. The Hall–Kier alpha value is -0.300. The molecular formula is C10H17ClO. The van der Waals surface area contributed by atoms with Gasteiger partial charge in [-0.05, 0) is 43.7 Å².